The van der Waals surface area contributed by atoms with Gasteiger partial charge in [0.05, 0.1) is 16.1 Å². The third kappa shape index (κ3) is 2.19. The van der Waals surface area contributed by atoms with Crippen LogP contribution in [0.5, 0.6) is 0 Å². The third-order valence-corrected chi connectivity index (χ3v) is 3.90. The summed E-state index contributed by atoms with van der Waals surface area (Å²) in [5, 5.41) is 3.51. The Kier molecular flexibility index (Phi) is 3.22. The average molecular weight is 300 g/mol. The van der Waals surface area contributed by atoms with Gasteiger partial charge in [0.15, 0.2) is 5.82 Å². The molecule has 1 aliphatic rings. The van der Waals surface area contributed by atoms with Gasteiger partial charge >= 0.3 is 0 Å². The fourth-order valence-electron chi connectivity index (χ4n) is 2.45. The Morgan fingerprint density at radius 3 is 2.60 bits per heavy atom. The molecule has 1 heterocycles. The van der Waals surface area contributed by atoms with Crippen molar-refractivity contribution in [2.45, 2.75) is 31.2 Å². The summed E-state index contributed by atoms with van der Waals surface area (Å²) in [6.07, 6.45) is 3.49. The zero-order valence-electron chi connectivity index (χ0n) is 10.5. The number of hydrogen-bond acceptors (Lipinski definition) is 4. The normalized spacial score (nSPS) is 17.6. The molecule has 2 aromatic rings. The molecule has 7 heteroatoms. The van der Waals surface area contributed by atoms with Crippen LogP contribution in [-0.4, -0.2) is 10.1 Å². The minimum Gasteiger partial charge on any atom is -0.334 e. The van der Waals surface area contributed by atoms with Gasteiger partial charge in [0.25, 0.3) is 5.89 Å². The molecule has 3 rings (SSSR count). The molecule has 0 radical (unpaired) electrons. The molecular weight excluding hydrogens is 288 g/mol. The summed E-state index contributed by atoms with van der Waals surface area (Å²) in [5.74, 6) is -1.22. The molecule has 0 saturated heterocycles. The predicted molar refractivity (Wildman–Crippen MR) is 69.0 cm³/mol. The molecule has 0 bridgehead atoms. The van der Waals surface area contributed by atoms with Gasteiger partial charge in [-0.3, -0.25) is 0 Å². The van der Waals surface area contributed by atoms with Crippen LogP contribution in [0.15, 0.2) is 16.7 Å². The van der Waals surface area contributed by atoms with Crippen molar-refractivity contribution < 1.29 is 13.3 Å². The highest BCUT2D eigenvalue weighted by Gasteiger charge is 2.36. The smallest absolute Gasteiger partial charge is 0.261 e. The highest BCUT2D eigenvalue weighted by Crippen LogP contribution is 2.36. The quantitative estimate of drug-likeness (QED) is 0.863. The maximum Gasteiger partial charge on any atom is 0.261 e. The van der Waals surface area contributed by atoms with Crippen LogP contribution < -0.4 is 5.73 Å². The highest BCUT2D eigenvalue weighted by molar-refractivity contribution is 6.30. The van der Waals surface area contributed by atoms with Crippen molar-refractivity contribution in [1.29, 1.82) is 0 Å². The Morgan fingerprint density at radius 1 is 1.20 bits per heavy atom. The Labute approximate surface area is 118 Å². The van der Waals surface area contributed by atoms with E-state index in [0.717, 1.165) is 37.8 Å². The van der Waals surface area contributed by atoms with Gasteiger partial charge in [-0.1, -0.05) is 29.6 Å². The number of benzene rings is 1. The highest BCUT2D eigenvalue weighted by atomic mass is 35.5. The Morgan fingerprint density at radius 2 is 1.90 bits per heavy atom. The average Bonchev–Trinajstić information content (AvgIpc) is 3.03. The third-order valence-electron chi connectivity index (χ3n) is 3.61. The van der Waals surface area contributed by atoms with Crippen LogP contribution in [0.25, 0.3) is 11.5 Å². The van der Waals surface area contributed by atoms with Crippen LogP contribution in [0.3, 0.4) is 0 Å². The van der Waals surface area contributed by atoms with Gasteiger partial charge in [-0.25, -0.2) is 8.78 Å². The van der Waals surface area contributed by atoms with Crippen molar-refractivity contribution in [3.05, 3.63) is 34.6 Å². The second kappa shape index (κ2) is 4.79. The number of hydrogen-bond donors (Lipinski definition) is 1. The zero-order chi connectivity index (χ0) is 14.3. The molecule has 0 aliphatic heterocycles. The van der Waals surface area contributed by atoms with Gasteiger partial charge in [0, 0.05) is 0 Å². The first-order valence-electron chi connectivity index (χ1n) is 6.27. The lowest BCUT2D eigenvalue weighted by Crippen LogP contribution is -2.34. The maximum atomic E-state index is 13.8. The van der Waals surface area contributed by atoms with E-state index in [9.17, 15) is 8.78 Å². The molecule has 0 unspecified atom stereocenters. The van der Waals surface area contributed by atoms with E-state index in [-0.39, 0.29) is 16.5 Å². The van der Waals surface area contributed by atoms with Gasteiger partial charge in [0.1, 0.15) is 11.6 Å². The first kappa shape index (κ1) is 13.5. The summed E-state index contributed by atoms with van der Waals surface area (Å²) < 4.78 is 32.2. The topological polar surface area (TPSA) is 64.9 Å². The number of halogens is 3. The van der Waals surface area contributed by atoms with Gasteiger partial charge in [0.2, 0.25) is 0 Å². The molecule has 0 spiro atoms. The van der Waals surface area contributed by atoms with E-state index < -0.39 is 17.2 Å². The fraction of sp³-hybridized carbons (Fsp3) is 0.385. The maximum absolute atomic E-state index is 13.8. The van der Waals surface area contributed by atoms with Gasteiger partial charge < -0.3 is 10.3 Å². The number of nitrogens with two attached hydrogens (primary N) is 1. The Balaban J connectivity index is 2.00. The number of aromatic nitrogens is 2. The predicted octanol–water partition coefficient (Wildman–Crippen LogP) is 3.40. The van der Waals surface area contributed by atoms with Crippen molar-refractivity contribution in [2.75, 3.05) is 0 Å². The summed E-state index contributed by atoms with van der Waals surface area (Å²) in [7, 11) is 0. The summed E-state index contributed by atoms with van der Waals surface area (Å²) >= 11 is 5.50. The van der Waals surface area contributed by atoms with Crippen molar-refractivity contribution in [3.63, 3.8) is 0 Å². The van der Waals surface area contributed by atoms with E-state index >= 15 is 0 Å². The minimum absolute atomic E-state index is 0.0928. The second-order valence-electron chi connectivity index (χ2n) is 5.03. The van der Waals surface area contributed by atoms with Gasteiger partial charge in [-0.15, -0.1) is 0 Å². The molecule has 106 valence electrons. The van der Waals surface area contributed by atoms with E-state index in [1.165, 1.54) is 0 Å². The lowest BCUT2D eigenvalue weighted by Gasteiger charge is -2.17. The molecular formula is C13H12ClF2N3O. The molecule has 0 amide bonds. The number of nitrogens with zero attached hydrogens (tertiary/aromatic N) is 2. The van der Waals surface area contributed by atoms with Crippen LogP contribution in [-0.2, 0) is 5.54 Å². The lowest BCUT2D eigenvalue weighted by molar-refractivity contribution is 0.372. The zero-order valence-corrected chi connectivity index (χ0v) is 11.3. The molecule has 1 aromatic carbocycles. The molecule has 4 nitrogen and oxygen atoms in total. The van der Waals surface area contributed by atoms with Crippen molar-refractivity contribution in [1.82, 2.24) is 10.1 Å². The van der Waals surface area contributed by atoms with Crippen LogP contribution >= 0.6 is 11.6 Å². The van der Waals surface area contributed by atoms with Crippen molar-refractivity contribution >= 4 is 11.6 Å². The molecule has 1 aliphatic carbocycles. The molecule has 1 fully saturated rings. The second-order valence-corrected chi connectivity index (χ2v) is 5.44. The van der Waals surface area contributed by atoms with Crippen LogP contribution in [0.1, 0.15) is 31.5 Å². The largest absolute Gasteiger partial charge is 0.334 e. The number of rotatable bonds is 2. The Hall–Kier alpha value is -1.53. The van der Waals surface area contributed by atoms with E-state index in [1.807, 2.05) is 0 Å². The molecule has 1 saturated carbocycles. The summed E-state index contributed by atoms with van der Waals surface area (Å²) in [6, 6.07) is 1.82. The van der Waals surface area contributed by atoms with Crippen molar-refractivity contribution in [2.24, 2.45) is 5.73 Å². The monoisotopic (exact) mass is 299 g/mol. The van der Waals surface area contributed by atoms with Crippen molar-refractivity contribution in [3.8, 4) is 11.5 Å². The van der Waals surface area contributed by atoms with E-state index in [1.54, 1.807) is 0 Å². The van der Waals surface area contributed by atoms with E-state index in [0.29, 0.717) is 5.82 Å². The molecule has 1 aromatic heterocycles. The van der Waals surface area contributed by atoms with Gasteiger partial charge in [-0.2, -0.15) is 4.98 Å². The van der Waals surface area contributed by atoms with E-state index in [4.69, 9.17) is 21.9 Å². The van der Waals surface area contributed by atoms with Crippen LogP contribution in [0.2, 0.25) is 5.02 Å². The summed E-state index contributed by atoms with van der Waals surface area (Å²) in [4.78, 5) is 4.11. The molecule has 0 atom stereocenters. The summed E-state index contributed by atoms with van der Waals surface area (Å²) in [5.41, 5.74) is 5.44. The SMILES string of the molecule is NC1(c2noc(-c3cc(F)c(Cl)cc3F)n2)CCCC1. The molecule has 20 heavy (non-hydrogen) atoms. The Bertz CT molecular complexity index is 653. The standard InChI is InChI=1S/C13H12ClF2N3O/c14-8-6-9(15)7(5-10(8)16)11-18-12(19-20-11)13(17)3-1-2-4-13/h5-6H,1-4,17H2. The molecule has 2 N–H and O–H groups in total. The van der Waals surface area contributed by atoms with Gasteiger partial charge in [-0.05, 0) is 25.0 Å². The first-order valence-corrected chi connectivity index (χ1v) is 6.65. The first-order chi connectivity index (χ1) is 9.49. The van der Waals surface area contributed by atoms with E-state index in [2.05, 4.69) is 10.1 Å². The lowest BCUT2D eigenvalue weighted by atomic mass is 9.99. The summed E-state index contributed by atoms with van der Waals surface area (Å²) in [6.45, 7) is 0. The minimum atomic E-state index is -0.744. The van der Waals surface area contributed by atoms with Crippen LogP contribution in [0.4, 0.5) is 8.78 Å². The van der Waals surface area contributed by atoms with Crippen LogP contribution in [0, 0.1) is 11.6 Å². The fourth-order valence-corrected chi connectivity index (χ4v) is 2.60.